The van der Waals surface area contributed by atoms with Crippen molar-refractivity contribution in [1.29, 1.82) is 0 Å². The van der Waals surface area contributed by atoms with E-state index in [4.69, 9.17) is 9.97 Å². The SMILES string of the molecule is Cl.Cl.Fc1ccc2c(C3CCN(CCNc4nc5ccccc5nc4-c4ccccc4)CC3)[nH]nc2c1. The normalized spacial score (nSPS) is 14.3. The van der Waals surface area contributed by atoms with E-state index in [1.807, 2.05) is 48.5 Å². The van der Waals surface area contributed by atoms with Crippen LogP contribution >= 0.6 is 24.8 Å². The molecule has 2 N–H and O–H groups in total. The standard InChI is InChI=1S/C28H27FN6.2ClH/c29-21-10-11-22-25(18-21)33-34-26(22)20-12-15-35(16-13-20)17-14-30-28-27(19-6-2-1-3-7-19)31-23-8-4-5-9-24(23)32-28;;/h1-11,18,20H,12-17H2,(H,30,32)(H,33,34);2*1H. The quantitative estimate of drug-likeness (QED) is 0.260. The van der Waals surface area contributed by atoms with E-state index in [2.05, 4.69) is 32.5 Å². The van der Waals surface area contributed by atoms with Gasteiger partial charge in [-0.05, 0) is 50.2 Å². The van der Waals surface area contributed by atoms with Gasteiger partial charge < -0.3 is 10.2 Å². The zero-order valence-electron chi connectivity index (χ0n) is 20.2. The molecule has 1 saturated heterocycles. The van der Waals surface area contributed by atoms with Gasteiger partial charge in [0.05, 0.1) is 16.6 Å². The van der Waals surface area contributed by atoms with Crippen molar-refractivity contribution in [3.63, 3.8) is 0 Å². The highest BCUT2D eigenvalue weighted by Crippen LogP contribution is 2.32. The van der Waals surface area contributed by atoms with Gasteiger partial charge in [-0.1, -0.05) is 42.5 Å². The lowest BCUT2D eigenvalue weighted by Crippen LogP contribution is -2.36. The van der Waals surface area contributed by atoms with Crippen molar-refractivity contribution in [2.45, 2.75) is 18.8 Å². The Bertz CT molecular complexity index is 1470. The van der Waals surface area contributed by atoms with Crippen LogP contribution in [0.2, 0.25) is 0 Å². The topological polar surface area (TPSA) is 69.7 Å². The Hall–Kier alpha value is -3.26. The summed E-state index contributed by atoms with van der Waals surface area (Å²) in [5.74, 6) is 0.996. The number of nitrogens with zero attached hydrogens (tertiary/aromatic N) is 4. The Kier molecular flexibility index (Phi) is 8.59. The molecule has 9 heteroatoms. The van der Waals surface area contributed by atoms with Gasteiger partial charge in [-0.2, -0.15) is 5.10 Å². The molecule has 1 aliphatic heterocycles. The maximum atomic E-state index is 13.5. The van der Waals surface area contributed by atoms with Crippen LogP contribution in [-0.4, -0.2) is 51.2 Å². The van der Waals surface area contributed by atoms with Crippen LogP contribution < -0.4 is 5.32 Å². The largest absolute Gasteiger partial charge is 0.367 e. The third-order valence-electron chi connectivity index (χ3n) is 6.88. The van der Waals surface area contributed by atoms with E-state index in [0.717, 1.165) is 78.2 Å². The second-order valence-corrected chi connectivity index (χ2v) is 9.12. The Labute approximate surface area is 227 Å². The maximum absolute atomic E-state index is 13.5. The van der Waals surface area contributed by atoms with Crippen molar-refractivity contribution < 1.29 is 4.39 Å². The van der Waals surface area contributed by atoms with Gasteiger partial charge in [0.25, 0.3) is 0 Å². The van der Waals surface area contributed by atoms with E-state index in [1.165, 1.54) is 12.1 Å². The van der Waals surface area contributed by atoms with Crippen LogP contribution in [0, 0.1) is 5.82 Å². The first-order valence-corrected chi connectivity index (χ1v) is 12.2. The summed E-state index contributed by atoms with van der Waals surface area (Å²) in [7, 11) is 0. The monoisotopic (exact) mass is 538 g/mol. The molecule has 0 radical (unpaired) electrons. The molecule has 0 bridgehead atoms. The van der Waals surface area contributed by atoms with Gasteiger partial charge in [0, 0.05) is 41.7 Å². The summed E-state index contributed by atoms with van der Waals surface area (Å²) in [5, 5.41) is 12.1. The molecule has 2 aromatic heterocycles. The van der Waals surface area contributed by atoms with Crippen LogP contribution in [0.15, 0.2) is 72.8 Å². The number of halogens is 3. The fourth-order valence-electron chi connectivity index (χ4n) is 5.02. The number of fused-ring (bicyclic) bond motifs is 2. The molecule has 0 atom stereocenters. The molecule has 3 aromatic carbocycles. The zero-order valence-corrected chi connectivity index (χ0v) is 21.9. The van der Waals surface area contributed by atoms with E-state index in [0.29, 0.717) is 11.4 Å². The average Bonchev–Trinajstić information content (AvgIpc) is 3.32. The second kappa shape index (κ2) is 11.9. The number of nitrogens with one attached hydrogen (secondary N) is 2. The van der Waals surface area contributed by atoms with Crippen molar-refractivity contribution in [2.75, 3.05) is 31.5 Å². The molecule has 3 heterocycles. The Morgan fingerprint density at radius 2 is 1.57 bits per heavy atom. The minimum atomic E-state index is -0.246. The number of piperidine rings is 1. The van der Waals surface area contributed by atoms with Crippen LogP contribution in [0.4, 0.5) is 10.2 Å². The molecule has 1 fully saturated rings. The van der Waals surface area contributed by atoms with Crippen LogP contribution in [-0.2, 0) is 0 Å². The van der Waals surface area contributed by atoms with Gasteiger partial charge in [-0.15, -0.1) is 24.8 Å². The lowest BCUT2D eigenvalue weighted by Gasteiger charge is -2.31. The number of likely N-dealkylation sites (tertiary alicyclic amines) is 1. The highest BCUT2D eigenvalue weighted by molar-refractivity contribution is 5.86. The number of H-pyrrole nitrogens is 1. The number of hydrogen-bond donors (Lipinski definition) is 2. The summed E-state index contributed by atoms with van der Waals surface area (Å²) >= 11 is 0. The number of para-hydroxylation sites is 2. The minimum Gasteiger partial charge on any atom is -0.367 e. The van der Waals surface area contributed by atoms with Crippen LogP contribution in [0.3, 0.4) is 0 Å². The maximum Gasteiger partial charge on any atom is 0.153 e. The van der Waals surface area contributed by atoms with Crippen molar-refractivity contribution in [2.24, 2.45) is 0 Å². The summed E-state index contributed by atoms with van der Waals surface area (Å²) in [6.45, 7) is 3.76. The molecule has 0 amide bonds. The van der Waals surface area contributed by atoms with Gasteiger partial charge in [-0.3, -0.25) is 5.10 Å². The Morgan fingerprint density at radius 1 is 0.865 bits per heavy atom. The predicted octanol–water partition coefficient (Wildman–Crippen LogP) is 6.45. The highest BCUT2D eigenvalue weighted by Gasteiger charge is 2.23. The molecule has 5 aromatic rings. The van der Waals surface area contributed by atoms with E-state index in [1.54, 1.807) is 0 Å². The van der Waals surface area contributed by atoms with Crippen LogP contribution in [0.1, 0.15) is 24.5 Å². The van der Waals surface area contributed by atoms with Crippen LogP contribution in [0.5, 0.6) is 0 Å². The molecule has 6 rings (SSSR count). The fraction of sp³-hybridized carbons (Fsp3) is 0.250. The van der Waals surface area contributed by atoms with Gasteiger partial charge in [0.1, 0.15) is 11.5 Å². The number of anilines is 1. The number of benzene rings is 3. The second-order valence-electron chi connectivity index (χ2n) is 9.12. The summed E-state index contributed by atoms with van der Waals surface area (Å²) in [6.07, 6.45) is 2.11. The highest BCUT2D eigenvalue weighted by atomic mass is 35.5. The number of aromatic amines is 1. The summed E-state index contributed by atoms with van der Waals surface area (Å²) in [5.41, 5.74) is 5.57. The third-order valence-corrected chi connectivity index (χ3v) is 6.88. The minimum absolute atomic E-state index is 0. The number of hydrogen-bond acceptors (Lipinski definition) is 5. The zero-order chi connectivity index (χ0) is 23.6. The molecule has 0 aliphatic carbocycles. The van der Waals surface area contributed by atoms with Crippen molar-refractivity contribution in [3.8, 4) is 11.3 Å². The molecule has 0 saturated carbocycles. The van der Waals surface area contributed by atoms with Gasteiger partial charge >= 0.3 is 0 Å². The Morgan fingerprint density at radius 3 is 2.32 bits per heavy atom. The van der Waals surface area contributed by atoms with E-state index >= 15 is 0 Å². The molecule has 37 heavy (non-hydrogen) atoms. The lowest BCUT2D eigenvalue weighted by atomic mass is 9.91. The molecule has 192 valence electrons. The first-order valence-electron chi connectivity index (χ1n) is 12.2. The summed E-state index contributed by atoms with van der Waals surface area (Å²) < 4.78 is 13.5. The van der Waals surface area contributed by atoms with E-state index in [9.17, 15) is 4.39 Å². The smallest absolute Gasteiger partial charge is 0.153 e. The van der Waals surface area contributed by atoms with E-state index in [-0.39, 0.29) is 30.6 Å². The predicted molar refractivity (Wildman–Crippen MR) is 152 cm³/mol. The molecule has 6 nitrogen and oxygen atoms in total. The molecule has 0 unspecified atom stereocenters. The Balaban J connectivity index is 0.00000160. The van der Waals surface area contributed by atoms with Gasteiger partial charge in [0.2, 0.25) is 0 Å². The average molecular weight is 539 g/mol. The first kappa shape index (κ1) is 26.8. The van der Waals surface area contributed by atoms with Crippen LogP contribution in [0.25, 0.3) is 33.2 Å². The third kappa shape index (κ3) is 5.69. The summed E-state index contributed by atoms with van der Waals surface area (Å²) in [6, 6.07) is 23.1. The fourth-order valence-corrected chi connectivity index (χ4v) is 5.02. The van der Waals surface area contributed by atoms with Crippen molar-refractivity contribution in [3.05, 3.63) is 84.3 Å². The van der Waals surface area contributed by atoms with Gasteiger partial charge in [0.15, 0.2) is 5.82 Å². The molecular weight excluding hydrogens is 510 g/mol. The summed E-state index contributed by atoms with van der Waals surface area (Å²) in [4.78, 5) is 12.3. The first-order chi connectivity index (χ1) is 17.2. The molecular formula is C28H29Cl2FN6. The molecule has 0 spiro atoms. The van der Waals surface area contributed by atoms with Crippen molar-refractivity contribution >= 4 is 52.6 Å². The number of rotatable bonds is 6. The molecule has 1 aliphatic rings. The van der Waals surface area contributed by atoms with E-state index < -0.39 is 0 Å². The van der Waals surface area contributed by atoms with Crippen molar-refractivity contribution in [1.82, 2.24) is 25.1 Å². The number of aromatic nitrogens is 4. The lowest BCUT2D eigenvalue weighted by molar-refractivity contribution is 0.218. The van der Waals surface area contributed by atoms with Gasteiger partial charge in [-0.25, -0.2) is 14.4 Å².